The summed E-state index contributed by atoms with van der Waals surface area (Å²) in [5.74, 6) is 0. The van der Waals surface area contributed by atoms with E-state index in [-0.39, 0.29) is 12.8 Å². The summed E-state index contributed by atoms with van der Waals surface area (Å²) in [7, 11) is 0.566. The molecule has 0 unspecified atom stereocenters. The first-order valence-corrected chi connectivity index (χ1v) is 14.5. The fraction of sp³-hybridized carbons (Fsp3) is 0.778. The zero-order valence-electron chi connectivity index (χ0n) is 22.6. The fourth-order valence-electron chi connectivity index (χ4n) is 4.04. The quantitative estimate of drug-likeness (QED) is 0.114. The molecule has 1 rings (SSSR count). The molecule has 7 heteroatoms. The van der Waals surface area contributed by atoms with E-state index >= 15 is 0 Å². The van der Waals surface area contributed by atoms with Gasteiger partial charge in [0.15, 0.2) is 0 Å². The molecule has 0 aliphatic carbocycles. The summed E-state index contributed by atoms with van der Waals surface area (Å²) in [4.78, 5) is 0. The summed E-state index contributed by atoms with van der Waals surface area (Å²) in [6, 6.07) is 10.9. The molecule has 1 aromatic rings. The van der Waals surface area contributed by atoms with Crippen LogP contribution in [-0.4, -0.2) is 44.7 Å². The molecule has 0 radical (unpaired) electrons. The third kappa shape index (κ3) is 25.6. The van der Waals surface area contributed by atoms with Crippen LogP contribution in [0.5, 0.6) is 0 Å². The van der Waals surface area contributed by atoms with Gasteiger partial charge in [-0.1, -0.05) is 114 Å². The first kappa shape index (κ1) is 35.2. The average Bonchev–Trinajstić information content (AvgIpc) is 2.74. The maximum Gasteiger partial charge on any atom is 0.397 e. The summed E-state index contributed by atoms with van der Waals surface area (Å²) in [5, 5.41) is 0. The number of benzene rings is 1. The highest BCUT2D eigenvalue weighted by Gasteiger charge is 2.14. The lowest BCUT2D eigenvalue weighted by molar-refractivity contribution is -0.903. The van der Waals surface area contributed by atoms with Crippen molar-refractivity contribution in [1.29, 1.82) is 0 Å². The van der Waals surface area contributed by atoms with Crippen LogP contribution in [0, 0.1) is 0 Å². The molecule has 0 amide bonds. The zero-order chi connectivity index (χ0) is 24.8. The molecule has 0 fully saturated rings. The minimum Gasteiger partial charge on any atom is -0.344 e. The third-order valence-electron chi connectivity index (χ3n) is 5.84. The second-order valence-corrected chi connectivity index (χ2v) is 10.8. The van der Waals surface area contributed by atoms with Crippen LogP contribution < -0.4 is 6.15 Å². The van der Waals surface area contributed by atoms with E-state index in [0.717, 1.165) is 11.0 Å². The van der Waals surface area contributed by atoms with Gasteiger partial charge >= 0.3 is 10.4 Å². The van der Waals surface area contributed by atoms with E-state index in [1.807, 2.05) is 0 Å². The molecule has 202 valence electrons. The standard InChI is InChI=1S/C25H46N.C2H6O4S.H3N/c1-4-5-6-7-8-9-10-11-12-13-14-15-16-20-23-26(2,3)24-25-21-18-17-19-22-25;1-2-6-7(3,4)5;/h17-19,21-22H,4-16,20,23-24H2,1-3H3;2H2,1H3,(H,3,4,5);1H3/q+1;;. The van der Waals surface area contributed by atoms with Gasteiger partial charge in [-0.15, -0.1) is 0 Å². The minimum absolute atomic E-state index is 0. The number of rotatable bonds is 19. The van der Waals surface area contributed by atoms with Crippen molar-refractivity contribution < 1.29 is 21.6 Å². The second kappa shape index (κ2) is 22.5. The van der Waals surface area contributed by atoms with Crippen LogP contribution >= 0.6 is 0 Å². The van der Waals surface area contributed by atoms with Gasteiger partial charge in [-0.2, -0.15) is 8.42 Å². The second-order valence-electron chi connectivity index (χ2n) is 9.73. The molecule has 0 saturated heterocycles. The molecule has 1 aromatic carbocycles. The van der Waals surface area contributed by atoms with Crippen LogP contribution in [0.2, 0.25) is 0 Å². The average molecular weight is 504 g/mol. The van der Waals surface area contributed by atoms with E-state index in [2.05, 4.69) is 55.5 Å². The van der Waals surface area contributed by atoms with E-state index in [0.29, 0.717) is 0 Å². The highest BCUT2D eigenvalue weighted by Crippen LogP contribution is 2.15. The maximum atomic E-state index is 9.56. The van der Waals surface area contributed by atoms with Crippen molar-refractivity contribution in [3.8, 4) is 0 Å². The normalized spacial score (nSPS) is 11.4. The van der Waals surface area contributed by atoms with Crippen molar-refractivity contribution in [1.82, 2.24) is 6.15 Å². The van der Waals surface area contributed by atoms with Crippen molar-refractivity contribution in [2.75, 3.05) is 27.2 Å². The largest absolute Gasteiger partial charge is 0.397 e. The van der Waals surface area contributed by atoms with Gasteiger partial charge in [0.05, 0.1) is 27.2 Å². The Morgan fingerprint density at radius 2 is 1.15 bits per heavy atom. The Morgan fingerprint density at radius 3 is 1.50 bits per heavy atom. The molecule has 34 heavy (non-hydrogen) atoms. The number of unbranched alkanes of at least 4 members (excludes halogenated alkanes) is 13. The predicted molar refractivity (Wildman–Crippen MR) is 146 cm³/mol. The van der Waals surface area contributed by atoms with E-state index in [9.17, 15) is 8.42 Å². The van der Waals surface area contributed by atoms with Crippen LogP contribution in [0.15, 0.2) is 30.3 Å². The molecule has 0 spiro atoms. The van der Waals surface area contributed by atoms with Crippen molar-refractivity contribution in [3.63, 3.8) is 0 Å². The van der Waals surface area contributed by atoms with Gasteiger partial charge < -0.3 is 10.6 Å². The van der Waals surface area contributed by atoms with Gasteiger partial charge in [0.1, 0.15) is 6.54 Å². The van der Waals surface area contributed by atoms with Crippen LogP contribution in [-0.2, 0) is 21.1 Å². The molecule has 0 aliphatic rings. The van der Waals surface area contributed by atoms with E-state index < -0.39 is 10.4 Å². The Balaban J connectivity index is 0. The van der Waals surface area contributed by atoms with Gasteiger partial charge in [0.25, 0.3) is 0 Å². The van der Waals surface area contributed by atoms with Crippen LogP contribution in [0.4, 0.5) is 0 Å². The molecule has 4 N–H and O–H groups in total. The Bertz CT molecular complexity index is 652. The number of quaternary nitrogens is 1. The predicted octanol–water partition coefficient (Wildman–Crippen LogP) is 7.73. The third-order valence-corrected chi connectivity index (χ3v) is 6.37. The van der Waals surface area contributed by atoms with E-state index in [4.69, 9.17) is 4.55 Å². The molecule has 0 saturated carbocycles. The van der Waals surface area contributed by atoms with Gasteiger partial charge in [-0.25, -0.2) is 4.18 Å². The molecule has 0 aromatic heterocycles. The molecule has 0 aliphatic heterocycles. The summed E-state index contributed by atoms with van der Waals surface area (Å²) in [6.45, 7) is 6.18. The smallest absolute Gasteiger partial charge is 0.344 e. The minimum atomic E-state index is -4.17. The maximum absolute atomic E-state index is 9.56. The Kier molecular flexibility index (Phi) is 23.2. The Hall–Kier alpha value is -0.990. The topological polar surface area (TPSA) is 98.6 Å². The van der Waals surface area contributed by atoms with Crippen LogP contribution in [0.1, 0.15) is 109 Å². The molecule has 6 nitrogen and oxygen atoms in total. The van der Waals surface area contributed by atoms with Crippen LogP contribution in [0.25, 0.3) is 0 Å². The Morgan fingerprint density at radius 1 is 0.735 bits per heavy atom. The molecular weight excluding hydrogens is 448 g/mol. The van der Waals surface area contributed by atoms with Crippen LogP contribution in [0.3, 0.4) is 0 Å². The fourth-order valence-corrected chi connectivity index (χ4v) is 4.34. The Labute approximate surface area is 211 Å². The summed E-state index contributed by atoms with van der Waals surface area (Å²) < 4.78 is 31.8. The monoisotopic (exact) mass is 503 g/mol. The van der Waals surface area contributed by atoms with E-state index in [1.165, 1.54) is 109 Å². The highest BCUT2D eigenvalue weighted by atomic mass is 32.3. The summed E-state index contributed by atoms with van der Waals surface area (Å²) >= 11 is 0. The van der Waals surface area contributed by atoms with Crippen molar-refractivity contribution in [2.45, 2.75) is 110 Å². The lowest BCUT2D eigenvalue weighted by Crippen LogP contribution is -2.39. The molecule has 0 bridgehead atoms. The zero-order valence-corrected chi connectivity index (χ0v) is 23.5. The van der Waals surface area contributed by atoms with Crippen molar-refractivity contribution >= 4 is 10.4 Å². The molecule has 0 atom stereocenters. The van der Waals surface area contributed by atoms with Crippen molar-refractivity contribution in [2.24, 2.45) is 0 Å². The lowest BCUT2D eigenvalue weighted by atomic mass is 10.0. The first-order chi connectivity index (χ1) is 15.7. The summed E-state index contributed by atoms with van der Waals surface area (Å²) in [5.41, 5.74) is 1.46. The number of nitrogens with zero attached hydrogens (tertiary/aromatic N) is 1. The van der Waals surface area contributed by atoms with Crippen molar-refractivity contribution in [3.05, 3.63) is 35.9 Å². The van der Waals surface area contributed by atoms with E-state index in [1.54, 1.807) is 0 Å². The molecule has 0 heterocycles. The van der Waals surface area contributed by atoms with Gasteiger partial charge in [-0.3, -0.25) is 4.55 Å². The number of hydrogen-bond donors (Lipinski definition) is 2. The number of hydrogen-bond acceptors (Lipinski definition) is 4. The highest BCUT2D eigenvalue weighted by molar-refractivity contribution is 7.80. The molecular formula is C27H55N2O4S+. The van der Waals surface area contributed by atoms with Gasteiger partial charge in [0, 0.05) is 5.56 Å². The van der Waals surface area contributed by atoms with Gasteiger partial charge in [-0.05, 0) is 19.8 Å². The summed E-state index contributed by atoms with van der Waals surface area (Å²) in [6.07, 6.45) is 20.2. The van der Waals surface area contributed by atoms with Gasteiger partial charge in [0.2, 0.25) is 0 Å². The lowest BCUT2D eigenvalue weighted by Gasteiger charge is -2.30. The SMILES string of the molecule is CCCCCCCCCCCCCCCC[N+](C)(C)Cc1ccccc1.CCOS(=O)(=O)O.N. The first-order valence-electron chi connectivity index (χ1n) is 13.2.